The molecule has 0 aliphatic carbocycles. The molecule has 2 aromatic rings. The zero-order valence-electron chi connectivity index (χ0n) is 51.5. The van der Waals surface area contributed by atoms with Crippen molar-refractivity contribution in [3.8, 4) is 23.0 Å². The van der Waals surface area contributed by atoms with E-state index >= 15 is 0 Å². The highest BCUT2D eigenvalue weighted by Gasteiger charge is 2.27. The van der Waals surface area contributed by atoms with E-state index in [0.717, 1.165) is 128 Å². The molecule has 2 rings (SSSR count). The largest absolute Gasteiger partial charge is 0.493 e. The fraction of sp³-hybridized carbons (Fsp3) is 0.672. The number of hydrazine groups is 4. The van der Waals surface area contributed by atoms with Crippen molar-refractivity contribution in [1.29, 1.82) is 0 Å². The molecule has 22 heteroatoms. The van der Waals surface area contributed by atoms with Gasteiger partial charge < -0.3 is 28.4 Å². The summed E-state index contributed by atoms with van der Waals surface area (Å²) in [6.45, 7) is 19.4. The summed E-state index contributed by atoms with van der Waals surface area (Å²) in [5.41, 5.74) is 15.6. The lowest BCUT2D eigenvalue weighted by Crippen LogP contribution is -2.47. The molecule has 0 aromatic heterocycles. The monoisotopic (exact) mass is 1170 g/mol. The third-order valence-corrected chi connectivity index (χ3v) is 12.5. The standard InChI is InChI=1S/C61H100N8O14/c1-11-15-19-23-27-31-35-78-48-41-50(80-37-33-29-25-21-17-13-3)46(56(74)66-68-58(76)82-60(5,6)7)39-44(48)54(72)64-62-52(70)43-53(71)63-65-55(73)45-40-47(57(75)67-69-59(77)83-61(8,9)10)51(81-38-34-30-26-22-18-14-4)42-49(45)79-36-32-28-24-20-16-12-2/h39-42H,11-38,43H2,1-10H3,(H,62,70)(H,63,71)(H,64,72)(H,65,73)(H,66,74)(H,67,75)(H,68,76)(H,69,77). The van der Waals surface area contributed by atoms with E-state index in [-0.39, 0.29) is 71.7 Å². The topological polar surface area (TPSA) is 288 Å². The zero-order valence-corrected chi connectivity index (χ0v) is 51.5. The van der Waals surface area contributed by atoms with Crippen molar-refractivity contribution in [2.45, 2.75) is 241 Å². The molecule has 0 unspecified atom stereocenters. The summed E-state index contributed by atoms with van der Waals surface area (Å²) in [5.74, 6) is -5.25. The Kier molecular flexibility index (Phi) is 35.7. The first kappa shape index (κ1) is 72.1. The molecule has 0 aliphatic rings. The van der Waals surface area contributed by atoms with Gasteiger partial charge in [0.15, 0.2) is 0 Å². The number of unbranched alkanes of at least 4 members (excludes halogenated alkanes) is 20. The van der Waals surface area contributed by atoms with Gasteiger partial charge in [0.05, 0.1) is 48.7 Å². The van der Waals surface area contributed by atoms with E-state index < -0.39 is 65.3 Å². The minimum atomic E-state index is -0.996. The van der Waals surface area contributed by atoms with Crippen molar-refractivity contribution in [3.05, 3.63) is 46.5 Å². The van der Waals surface area contributed by atoms with E-state index in [9.17, 15) is 38.4 Å². The van der Waals surface area contributed by atoms with Crippen LogP contribution in [-0.4, -0.2) is 85.3 Å². The third-order valence-electron chi connectivity index (χ3n) is 12.5. The molecule has 8 N–H and O–H groups in total. The van der Waals surface area contributed by atoms with Gasteiger partial charge in [-0.15, -0.1) is 0 Å². The van der Waals surface area contributed by atoms with Crippen LogP contribution in [0.25, 0.3) is 0 Å². The molecule has 0 radical (unpaired) electrons. The summed E-state index contributed by atoms with van der Waals surface area (Å²) in [4.78, 5) is 107. The van der Waals surface area contributed by atoms with Crippen molar-refractivity contribution in [2.75, 3.05) is 26.4 Å². The van der Waals surface area contributed by atoms with Crippen LogP contribution < -0.4 is 62.4 Å². The SMILES string of the molecule is CCCCCCCCOc1cc(OCCCCCCCC)c(C(=O)NNC(=O)OC(C)(C)C)cc1C(=O)NNC(=O)CC(=O)NNC(=O)c1cc(C(=O)NNC(=O)OC(C)(C)C)c(OCCCCCCCC)cc1OCCCCCCCC. The molecule has 0 saturated carbocycles. The van der Waals surface area contributed by atoms with Crippen LogP contribution in [0.3, 0.4) is 0 Å². The normalized spacial score (nSPS) is 11.1. The van der Waals surface area contributed by atoms with E-state index in [2.05, 4.69) is 71.1 Å². The van der Waals surface area contributed by atoms with E-state index in [4.69, 9.17) is 28.4 Å². The Bertz CT molecular complexity index is 2160. The average Bonchev–Trinajstić information content (AvgIpc) is 3.61. The molecule has 0 spiro atoms. The lowest BCUT2D eigenvalue weighted by molar-refractivity contribution is -0.130. The third kappa shape index (κ3) is 32.4. The highest BCUT2D eigenvalue weighted by molar-refractivity contribution is 6.06. The molecule has 2 aromatic carbocycles. The van der Waals surface area contributed by atoms with Crippen LogP contribution in [0.4, 0.5) is 9.59 Å². The van der Waals surface area contributed by atoms with Crippen LogP contribution in [0.5, 0.6) is 23.0 Å². The number of benzene rings is 2. The molecule has 8 amide bonds. The van der Waals surface area contributed by atoms with E-state index in [0.29, 0.717) is 25.7 Å². The lowest BCUT2D eigenvalue weighted by atomic mass is 10.1. The van der Waals surface area contributed by atoms with Crippen LogP contribution in [0, 0.1) is 0 Å². The number of carbonyl (C=O) groups is 8. The van der Waals surface area contributed by atoms with Gasteiger partial charge in [-0.1, -0.05) is 156 Å². The summed E-state index contributed by atoms with van der Waals surface area (Å²) in [5, 5.41) is 0. The lowest BCUT2D eigenvalue weighted by Gasteiger charge is -2.20. The second-order valence-corrected chi connectivity index (χ2v) is 22.5. The smallest absolute Gasteiger partial charge is 0.426 e. The Morgan fingerprint density at radius 3 is 0.783 bits per heavy atom. The summed E-state index contributed by atoms with van der Waals surface area (Å²) < 4.78 is 35.1. The summed E-state index contributed by atoms with van der Waals surface area (Å²) in [6.07, 6.45) is 20.7. The molecule has 0 fully saturated rings. The first-order chi connectivity index (χ1) is 39.6. The van der Waals surface area contributed by atoms with Crippen LogP contribution in [0.15, 0.2) is 24.3 Å². The number of hydrogen-bond donors (Lipinski definition) is 8. The van der Waals surface area contributed by atoms with Gasteiger partial charge in [-0.3, -0.25) is 61.3 Å². The van der Waals surface area contributed by atoms with Gasteiger partial charge in [-0.25, -0.2) is 20.4 Å². The van der Waals surface area contributed by atoms with Crippen LogP contribution in [0.2, 0.25) is 0 Å². The number of nitrogens with one attached hydrogen (secondary N) is 8. The van der Waals surface area contributed by atoms with Gasteiger partial charge in [-0.2, -0.15) is 0 Å². The minimum Gasteiger partial charge on any atom is -0.493 e. The first-order valence-corrected chi connectivity index (χ1v) is 30.3. The molecule has 0 heterocycles. The van der Waals surface area contributed by atoms with Gasteiger partial charge in [0, 0.05) is 12.1 Å². The van der Waals surface area contributed by atoms with Crippen molar-refractivity contribution in [3.63, 3.8) is 0 Å². The minimum absolute atomic E-state index is 0.0491. The summed E-state index contributed by atoms with van der Waals surface area (Å²) in [6, 6.07) is 5.27. The van der Waals surface area contributed by atoms with Crippen LogP contribution >= 0.6 is 0 Å². The van der Waals surface area contributed by atoms with Gasteiger partial charge >= 0.3 is 12.2 Å². The number of ether oxygens (including phenoxy) is 6. The zero-order chi connectivity index (χ0) is 61.5. The highest BCUT2D eigenvalue weighted by atomic mass is 16.6. The fourth-order valence-electron chi connectivity index (χ4n) is 8.15. The highest BCUT2D eigenvalue weighted by Crippen LogP contribution is 2.32. The van der Waals surface area contributed by atoms with Crippen LogP contribution in [0.1, 0.15) is 271 Å². The molecule has 0 aliphatic heterocycles. The molecule has 0 bridgehead atoms. The Morgan fingerprint density at radius 2 is 0.542 bits per heavy atom. The molecule has 0 saturated heterocycles. The maximum Gasteiger partial charge on any atom is 0.426 e. The van der Waals surface area contributed by atoms with Gasteiger partial charge in [0.1, 0.15) is 40.6 Å². The van der Waals surface area contributed by atoms with Crippen molar-refractivity contribution in [2.24, 2.45) is 0 Å². The number of rotatable bonds is 38. The van der Waals surface area contributed by atoms with Crippen molar-refractivity contribution >= 4 is 47.6 Å². The van der Waals surface area contributed by atoms with Crippen molar-refractivity contribution < 1.29 is 66.8 Å². The second-order valence-electron chi connectivity index (χ2n) is 22.5. The number of carbonyl (C=O) groups excluding carboxylic acids is 8. The van der Waals surface area contributed by atoms with E-state index in [1.165, 1.54) is 24.3 Å². The second kappa shape index (κ2) is 41.1. The van der Waals surface area contributed by atoms with Gasteiger partial charge in [-0.05, 0) is 79.4 Å². The Hall–Kier alpha value is -7.00. The average molecular weight is 1170 g/mol. The number of hydrogen-bond acceptors (Lipinski definition) is 14. The maximum absolute atomic E-state index is 14.0. The fourth-order valence-corrected chi connectivity index (χ4v) is 8.15. The number of amides is 8. The molecule has 83 heavy (non-hydrogen) atoms. The summed E-state index contributed by atoms with van der Waals surface area (Å²) in [7, 11) is 0. The first-order valence-electron chi connectivity index (χ1n) is 30.3. The maximum atomic E-state index is 14.0. The van der Waals surface area contributed by atoms with Crippen LogP contribution in [-0.2, 0) is 19.1 Å². The van der Waals surface area contributed by atoms with Gasteiger partial charge in [0.2, 0.25) is 11.8 Å². The Labute approximate surface area is 493 Å². The predicted molar refractivity (Wildman–Crippen MR) is 318 cm³/mol. The molecular weight excluding hydrogens is 1070 g/mol. The quantitative estimate of drug-likeness (QED) is 0.0176. The Morgan fingerprint density at radius 1 is 0.313 bits per heavy atom. The Balaban J connectivity index is 2.40. The summed E-state index contributed by atoms with van der Waals surface area (Å²) >= 11 is 0. The predicted octanol–water partition coefficient (Wildman–Crippen LogP) is 11.6. The molecule has 468 valence electrons. The molecule has 0 atom stereocenters. The van der Waals surface area contributed by atoms with Gasteiger partial charge in [0.25, 0.3) is 23.6 Å². The molecular formula is C61H100N8O14. The van der Waals surface area contributed by atoms with E-state index in [1.807, 2.05) is 0 Å². The van der Waals surface area contributed by atoms with Crippen molar-refractivity contribution in [1.82, 2.24) is 43.4 Å². The molecule has 22 nitrogen and oxygen atoms in total. The van der Waals surface area contributed by atoms with E-state index in [1.54, 1.807) is 41.5 Å².